The third-order valence-corrected chi connectivity index (χ3v) is 3.82. The minimum atomic E-state index is -1.05. The Morgan fingerprint density at radius 2 is 1.86 bits per heavy atom. The van der Waals surface area contributed by atoms with Crippen molar-refractivity contribution in [2.75, 3.05) is 13.2 Å². The van der Waals surface area contributed by atoms with Crippen LogP contribution in [0.2, 0.25) is 0 Å². The SMILES string of the molecule is CC1(C)O[C@H]2O[C@H]([C@@H]3COC(C)(C)O3)[C@H](OCC(=O)O)[C@H]2O1. The molecule has 0 unspecified atom stereocenters. The molecule has 126 valence electrons. The summed E-state index contributed by atoms with van der Waals surface area (Å²) in [7, 11) is 0. The van der Waals surface area contributed by atoms with Gasteiger partial charge in [-0.2, -0.15) is 0 Å². The van der Waals surface area contributed by atoms with Crippen LogP contribution in [0.4, 0.5) is 0 Å². The molecule has 1 N–H and O–H groups in total. The Morgan fingerprint density at radius 1 is 1.14 bits per heavy atom. The van der Waals surface area contributed by atoms with Crippen LogP contribution in [-0.2, 0) is 33.2 Å². The van der Waals surface area contributed by atoms with Crippen LogP contribution in [0.3, 0.4) is 0 Å². The molecule has 0 aromatic carbocycles. The Hall–Kier alpha value is -0.770. The van der Waals surface area contributed by atoms with Gasteiger partial charge in [-0.1, -0.05) is 0 Å². The highest BCUT2D eigenvalue weighted by molar-refractivity contribution is 5.68. The van der Waals surface area contributed by atoms with Crippen LogP contribution >= 0.6 is 0 Å². The molecule has 8 nitrogen and oxygen atoms in total. The number of fused-ring (bicyclic) bond motifs is 1. The van der Waals surface area contributed by atoms with Crippen LogP contribution in [0.1, 0.15) is 27.7 Å². The summed E-state index contributed by atoms with van der Waals surface area (Å²) in [5.74, 6) is -2.55. The summed E-state index contributed by atoms with van der Waals surface area (Å²) < 4.78 is 34.2. The average molecular weight is 318 g/mol. The van der Waals surface area contributed by atoms with Crippen LogP contribution < -0.4 is 0 Å². The first kappa shape index (κ1) is 16.1. The number of carbonyl (C=O) groups is 1. The highest BCUT2D eigenvalue weighted by Gasteiger charge is 2.59. The maximum absolute atomic E-state index is 10.8. The van der Waals surface area contributed by atoms with Crippen molar-refractivity contribution >= 4 is 5.97 Å². The van der Waals surface area contributed by atoms with Gasteiger partial charge in [0.25, 0.3) is 0 Å². The van der Waals surface area contributed by atoms with Crippen LogP contribution in [0, 0.1) is 0 Å². The highest BCUT2D eigenvalue weighted by atomic mass is 16.8. The molecule has 0 aromatic rings. The summed E-state index contributed by atoms with van der Waals surface area (Å²) in [5, 5.41) is 8.86. The second-order valence-corrected chi connectivity index (χ2v) is 6.61. The number of aliphatic carboxylic acids is 1. The van der Waals surface area contributed by atoms with Gasteiger partial charge in [-0.15, -0.1) is 0 Å². The Balaban J connectivity index is 1.73. The van der Waals surface area contributed by atoms with Gasteiger partial charge in [-0.3, -0.25) is 0 Å². The Labute approximate surface area is 128 Å². The predicted octanol–water partition coefficient (Wildman–Crippen LogP) is 0.484. The summed E-state index contributed by atoms with van der Waals surface area (Å²) in [6.45, 7) is 7.08. The van der Waals surface area contributed by atoms with Gasteiger partial charge in [0, 0.05) is 0 Å². The van der Waals surface area contributed by atoms with E-state index in [1.54, 1.807) is 13.8 Å². The van der Waals surface area contributed by atoms with E-state index in [0.29, 0.717) is 6.61 Å². The fourth-order valence-electron chi connectivity index (χ4n) is 3.04. The fraction of sp³-hybridized carbons (Fsp3) is 0.929. The van der Waals surface area contributed by atoms with Gasteiger partial charge < -0.3 is 33.5 Å². The van der Waals surface area contributed by atoms with Crippen molar-refractivity contribution in [1.29, 1.82) is 0 Å². The zero-order chi connectivity index (χ0) is 16.1. The lowest BCUT2D eigenvalue weighted by Gasteiger charge is -2.28. The van der Waals surface area contributed by atoms with Crippen LogP contribution in [0.25, 0.3) is 0 Å². The second-order valence-electron chi connectivity index (χ2n) is 6.61. The van der Waals surface area contributed by atoms with Gasteiger partial charge in [-0.05, 0) is 27.7 Å². The normalized spacial score (nSPS) is 42.5. The smallest absolute Gasteiger partial charge is 0.329 e. The number of hydrogen-bond acceptors (Lipinski definition) is 7. The van der Waals surface area contributed by atoms with E-state index in [0.717, 1.165) is 0 Å². The molecule has 0 saturated carbocycles. The first-order chi connectivity index (χ1) is 10.2. The van der Waals surface area contributed by atoms with Crippen molar-refractivity contribution in [3.63, 3.8) is 0 Å². The van der Waals surface area contributed by atoms with Crippen LogP contribution in [0.5, 0.6) is 0 Å². The lowest BCUT2D eigenvalue weighted by atomic mass is 10.1. The molecule has 0 spiro atoms. The number of carboxylic acids is 1. The standard InChI is InChI=1S/C14H22O8/c1-13(2)18-5-7(20-13)9-10(17-6-8(15)16)11-12(19-9)22-14(3,4)21-11/h7,9-12H,5-6H2,1-4H3,(H,15,16)/t7-,9+,10-,11+,12+/m0/s1. The second kappa shape index (κ2) is 5.40. The summed E-state index contributed by atoms with van der Waals surface area (Å²) in [6, 6.07) is 0. The third-order valence-electron chi connectivity index (χ3n) is 3.82. The molecule has 3 saturated heterocycles. The molecule has 22 heavy (non-hydrogen) atoms. The summed E-state index contributed by atoms with van der Waals surface area (Å²) in [5.41, 5.74) is 0. The van der Waals surface area contributed by atoms with Gasteiger partial charge in [-0.25, -0.2) is 4.79 Å². The predicted molar refractivity (Wildman–Crippen MR) is 71.0 cm³/mol. The monoisotopic (exact) mass is 318 g/mol. The van der Waals surface area contributed by atoms with Crippen LogP contribution in [0.15, 0.2) is 0 Å². The largest absolute Gasteiger partial charge is 0.480 e. The summed E-state index contributed by atoms with van der Waals surface area (Å²) in [6.07, 6.45) is -2.56. The van der Waals surface area contributed by atoms with E-state index in [4.69, 9.17) is 33.5 Å². The molecule has 0 amide bonds. The maximum Gasteiger partial charge on any atom is 0.329 e. The van der Waals surface area contributed by atoms with Gasteiger partial charge in [0.05, 0.1) is 6.61 Å². The molecule has 8 heteroatoms. The Kier molecular flexibility index (Phi) is 3.95. The maximum atomic E-state index is 10.8. The van der Waals surface area contributed by atoms with Gasteiger partial charge in [0.1, 0.15) is 31.0 Å². The quantitative estimate of drug-likeness (QED) is 0.800. The van der Waals surface area contributed by atoms with Crippen molar-refractivity contribution < 1.29 is 38.3 Å². The molecule has 3 aliphatic rings. The highest BCUT2D eigenvalue weighted by Crippen LogP contribution is 2.41. The number of rotatable bonds is 4. The van der Waals surface area contributed by atoms with E-state index in [1.165, 1.54) is 0 Å². The number of ether oxygens (including phenoxy) is 6. The first-order valence-corrected chi connectivity index (χ1v) is 7.33. The fourth-order valence-corrected chi connectivity index (χ4v) is 3.04. The van der Waals surface area contributed by atoms with E-state index < -0.39 is 48.8 Å². The lowest BCUT2D eigenvalue weighted by molar-refractivity contribution is -0.236. The first-order valence-electron chi connectivity index (χ1n) is 7.33. The van der Waals surface area contributed by atoms with Gasteiger partial charge >= 0.3 is 5.97 Å². The Morgan fingerprint density at radius 3 is 2.45 bits per heavy atom. The lowest BCUT2D eigenvalue weighted by Crippen LogP contribution is -2.44. The van der Waals surface area contributed by atoms with Gasteiger partial charge in [0.15, 0.2) is 17.9 Å². The van der Waals surface area contributed by atoms with E-state index >= 15 is 0 Å². The van der Waals surface area contributed by atoms with Crippen molar-refractivity contribution in [2.45, 2.75) is 70.0 Å². The zero-order valence-electron chi connectivity index (χ0n) is 13.1. The summed E-state index contributed by atoms with van der Waals surface area (Å²) in [4.78, 5) is 10.8. The molecule has 0 aliphatic carbocycles. The summed E-state index contributed by atoms with van der Waals surface area (Å²) >= 11 is 0. The zero-order valence-corrected chi connectivity index (χ0v) is 13.1. The molecule has 5 atom stereocenters. The Bertz CT molecular complexity index is 448. The molecule has 0 radical (unpaired) electrons. The minimum absolute atomic E-state index is 0.341. The van der Waals surface area contributed by atoms with Crippen LogP contribution in [-0.4, -0.2) is 66.6 Å². The average Bonchev–Trinajstić information content (AvgIpc) is 2.96. The third kappa shape index (κ3) is 3.12. The van der Waals surface area contributed by atoms with Crippen molar-refractivity contribution in [1.82, 2.24) is 0 Å². The molecular weight excluding hydrogens is 296 g/mol. The van der Waals surface area contributed by atoms with E-state index in [-0.39, 0.29) is 6.10 Å². The van der Waals surface area contributed by atoms with E-state index in [2.05, 4.69) is 0 Å². The van der Waals surface area contributed by atoms with Gasteiger partial charge in [0.2, 0.25) is 0 Å². The molecule has 0 aromatic heterocycles. The van der Waals surface area contributed by atoms with E-state index in [9.17, 15) is 4.79 Å². The molecule has 0 bridgehead atoms. The molecular formula is C14H22O8. The van der Waals surface area contributed by atoms with E-state index in [1.807, 2.05) is 13.8 Å². The molecule has 3 aliphatic heterocycles. The van der Waals surface area contributed by atoms with Crippen molar-refractivity contribution in [3.8, 4) is 0 Å². The molecule has 3 rings (SSSR count). The minimum Gasteiger partial charge on any atom is -0.480 e. The number of carboxylic acid groups (broad SMARTS) is 1. The van der Waals surface area contributed by atoms with Crippen molar-refractivity contribution in [3.05, 3.63) is 0 Å². The molecule has 3 heterocycles. The molecule has 3 fully saturated rings. The van der Waals surface area contributed by atoms with Crippen molar-refractivity contribution in [2.24, 2.45) is 0 Å². The topological polar surface area (TPSA) is 92.7 Å². The number of hydrogen-bond donors (Lipinski definition) is 1.